The van der Waals surface area contributed by atoms with Crippen molar-refractivity contribution in [1.82, 2.24) is 19.7 Å². The third-order valence-corrected chi connectivity index (χ3v) is 3.33. The summed E-state index contributed by atoms with van der Waals surface area (Å²) in [6, 6.07) is 1.83. The van der Waals surface area contributed by atoms with Crippen molar-refractivity contribution in [3.05, 3.63) is 29.8 Å². The molecule has 3 rings (SSSR count). The van der Waals surface area contributed by atoms with Crippen LogP contribution in [0, 0.1) is 0 Å². The zero-order valence-corrected chi connectivity index (χ0v) is 11.9. The number of hydrogen-bond acceptors (Lipinski definition) is 5. The van der Waals surface area contributed by atoms with E-state index in [1.54, 1.807) is 10.9 Å². The van der Waals surface area contributed by atoms with Crippen molar-refractivity contribution in [3.63, 3.8) is 0 Å². The van der Waals surface area contributed by atoms with Crippen LogP contribution in [0.15, 0.2) is 18.5 Å². The van der Waals surface area contributed by atoms with Crippen LogP contribution in [0.5, 0.6) is 0 Å². The van der Waals surface area contributed by atoms with Crippen molar-refractivity contribution in [2.24, 2.45) is 5.73 Å². The lowest BCUT2D eigenvalue weighted by atomic mass is 10.3. The normalized spacial score (nSPS) is 14.1. The molecule has 1 aliphatic rings. The van der Waals surface area contributed by atoms with E-state index in [1.165, 1.54) is 6.20 Å². The third kappa shape index (κ3) is 3.01. The van der Waals surface area contributed by atoms with E-state index >= 15 is 0 Å². The first-order valence-corrected chi connectivity index (χ1v) is 7.15. The predicted octanol–water partition coefficient (Wildman–Crippen LogP) is 1.46. The number of rotatable bonds is 6. The van der Waals surface area contributed by atoms with Gasteiger partial charge in [0.05, 0.1) is 11.8 Å². The lowest BCUT2D eigenvalue weighted by molar-refractivity contribution is 0.100. The molecule has 110 valence electrons. The Hall–Kier alpha value is -2.44. The van der Waals surface area contributed by atoms with Gasteiger partial charge in [-0.3, -0.25) is 4.79 Å². The molecule has 0 radical (unpaired) electrons. The van der Waals surface area contributed by atoms with Gasteiger partial charge in [-0.25, -0.2) is 14.6 Å². The second-order valence-electron chi connectivity index (χ2n) is 5.21. The molecule has 21 heavy (non-hydrogen) atoms. The Bertz CT molecular complexity index is 661. The van der Waals surface area contributed by atoms with E-state index in [4.69, 9.17) is 5.73 Å². The topological polar surface area (TPSA) is 98.7 Å². The maximum atomic E-state index is 11.2. The minimum Gasteiger partial charge on any atom is -0.370 e. The van der Waals surface area contributed by atoms with Crippen LogP contribution < -0.4 is 11.1 Å². The SMILES string of the molecule is CCCNc1cc(-n2cc(C(N)=O)cn2)nc(C2CC2)n1. The molecule has 1 amide bonds. The van der Waals surface area contributed by atoms with E-state index in [0.29, 0.717) is 17.3 Å². The van der Waals surface area contributed by atoms with Crippen molar-refractivity contribution >= 4 is 11.7 Å². The molecule has 1 aliphatic carbocycles. The standard InChI is InChI=1S/C14H18N6O/c1-2-5-16-11-6-12(19-14(18-11)9-3-4-9)20-8-10(7-17-20)13(15)21/h6-9H,2-5H2,1H3,(H2,15,21)(H,16,18,19). The molecule has 0 aromatic carbocycles. The van der Waals surface area contributed by atoms with Gasteiger partial charge in [0.1, 0.15) is 11.6 Å². The van der Waals surface area contributed by atoms with Gasteiger partial charge in [-0.05, 0) is 19.3 Å². The molecular formula is C14H18N6O. The van der Waals surface area contributed by atoms with Gasteiger partial charge >= 0.3 is 0 Å². The van der Waals surface area contributed by atoms with Crippen LogP contribution in [0.2, 0.25) is 0 Å². The molecule has 2 aromatic heterocycles. The summed E-state index contributed by atoms with van der Waals surface area (Å²) >= 11 is 0. The summed E-state index contributed by atoms with van der Waals surface area (Å²) in [7, 11) is 0. The summed E-state index contributed by atoms with van der Waals surface area (Å²) in [4.78, 5) is 20.3. The highest BCUT2D eigenvalue weighted by Crippen LogP contribution is 2.38. The Morgan fingerprint density at radius 3 is 2.90 bits per heavy atom. The molecule has 3 N–H and O–H groups in total. The largest absolute Gasteiger partial charge is 0.370 e. The number of anilines is 1. The van der Waals surface area contributed by atoms with Crippen LogP contribution in [0.1, 0.15) is 48.3 Å². The molecular weight excluding hydrogens is 268 g/mol. The highest BCUT2D eigenvalue weighted by Gasteiger charge is 2.27. The van der Waals surface area contributed by atoms with Crippen LogP contribution in [0.4, 0.5) is 5.82 Å². The van der Waals surface area contributed by atoms with Crippen molar-refractivity contribution in [2.75, 3.05) is 11.9 Å². The van der Waals surface area contributed by atoms with E-state index in [0.717, 1.165) is 37.4 Å². The fourth-order valence-electron chi connectivity index (χ4n) is 2.01. The molecule has 0 saturated heterocycles. The fraction of sp³-hybridized carbons (Fsp3) is 0.429. The van der Waals surface area contributed by atoms with Crippen LogP contribution in [0.3, 0.4) is 0 Å². The van der Waals surface area contributed by atoms with Gasteiger partial charge < -0.3 is 11.1 Å². The number of nitrogens with two attached hydrogens (primary N) is 1. The Kier molecular flexibility index (Phi) is 3.55. The summed E-state index contributed by atoms with van der Waals surface area (Å²) in [5.41, 5.74) is 5.62. The van der Waals surface area contributed by atoms with Crippen LogP contribution >= 0.6 is 0 Å². The minimum absolute atomic E-state index is 0.365. The summed E-state index contributed by atoms with van der Waals surface area (Å²) in [6.07, 6.45) is 6.31. The summed E-state index contributed by atoms with van der Waals surface area (Å²) in [6.45, 7) is 2.95. The zero-order chi connectivity index (χ0) is 14.8. The molecule has 2 aromatic rings. The monoisotopic (exact) mass is 286 g/mol. The molecule has 0 bridgehead atoms. The molecule has 2 heterocycles. The number of hydrogen-bond donors (Lipinski definition) is 2. The Balaban J connectivity index is 1.95. The maximum absolute atomic E-state index is 11.2. The Morgan fingerprint density at radius 2 is 2.29 bits per heavy atom. The molecule has 7 heteroatoms. The molecule has 0 spiro atoms. The number of amides is 1. The van der Waals surface area contributed by atoms with Gasteiger partial charge in [-0.1, -0.05) is 6.92 Å². The van der Waals surface area contributed by atoms with E-state index < -0.39 is 5.91 Å². The number of nitrogens with one attached hydrogen (secondary N) is 1. The van der Waals surface area contributed by atoms with Crippen molar-refractivity contribution in [3.8, 4) is 5.82 Å². The van der Waals surface area contributed by atoms with Gasteiger partial charge in [0.25, 0.3) is 5.91 Å². The highest BCUT2D eigenvalue weighted by molar-refractivity contribution is 5.92. The van der Waals surface area contributed by atoms with Crippen molar-refractivity contribution in [2.45, 2.75) is 32.1 Å². The lowest BCUT2D eigenvalue weighted by Crippen LogP contribution is -2.10. The average Bonchev–Trinajstić information content (AvgIpc) is 3.21. The van der Waals surface area contributed by atoms with Gasteiger partial charge in [0.15, 0.2) is 5.82 Å². The molecule has 0 atom stereocenters. The first-order valence-electron chi connectivity index (χ1n) is 7.15. The Labute approximate surface area is 122 Å². The smallest absolute Gasteiger partial charge is 0.251 e. The average molecular weight is 286 g/mol. The van der Waals surface area contributed by atoms with E-state index in [1.807, 2.05) is 6.07 Å². The zero-order valence-electron chi connectivity index (χ0n) is 11.9. The number of primary amides is 1. The van der Waals surface area contributed by atoms with Gasteiger partial charge in [-0.2, -0.15) is 5.10 Å². The third-order valence-electron chi connectivity index (χ3n) is 3.33. The van der Waals surface area contributed by atoms with E-state index in [-0.39, 0.29) is 0 Å². The Morgan fingerprint density at radius 1 is 1.48 bits per heavy atom. The summed E-state index contributed by atoms with van der Waals surface area (Å²) in [5.74, 6) is 2.22. The summed E-state index contributed by atoms with van der Waals surface area (Å²) < 4.78 is 1.56. The molecule has 7 nitrogen and oxygen atoms in total. The van der Waals surface area contributed by atoms with Crippen LogP contribution in [-0.2, 0) is 0 Å². The number of nitrogens with zero attached hydrogens (tertiary/aromatic N) is 4. The predicted molar refractivity (Wildman–Crippen MR) is 78.4 cm³/mol. The lowest BCUT2D eigenvalue weighted by Gasteiger charge is -2.09. The molecule has 1 saturated carbocycles. The van der Waals surface area contributed by atoms with E-state index in [2.05, 4.69) is 27.3 Å². The van der Waals surface area contributed by atoms with Crippen LogP contribution in [-0.4, -0.2) is 32.2 Å². The quantitative estimate of drug-likeness (QED) is 0.837. The van der Waals surface area contributed by atoms with Crippen molar-refractivity contribution in [1.29, 1.82) is 0 Å². The van der Waals surface area contributed by atoms with E-state index in [9.17, 15) is 4.79 Å². The molecule has 0 unspecified atom stereocenters. The minimum atomic E-state index is -0.498. The first-order chi connectivity index (χ1) is 10.2. The summed E-state index contributed by atoms with van der Waals surface area (Å²) in [5, 5.41) is 7.42. The first kappa shape index (κ1) is 13.5. The second kappa shape index (κ2) is 5.51. The fourth-order valence-corrected chi connectivity index (χ4v) is 2.01. The van der Waals surface area contributed by atoms with Gasteiger partial charge in [0.2, 0.25) is 0 Å². The maximum Gasteiger partial charge on any atom is 0.251 e. The van der Waals surface area contributed by atoms with Crippen LogP contribution in [0.25, 0.3) is 5.82 Å². The number of carbonyl (C=O) groups is 1. The number of aromatic nitrogens is 4. The number of carbonyl (C=O) groups excluding carboxylic acids is 1. The van der Waals surface area contributed by atoms with Gasteiger partial charge in [0, 0.05) is 24.7 Å². The highest BCUT2D eigenvalue weighted by atomic mass is 16.1. The van der Waals surface area contributed by atoms with Gasteiger partial charge in [-0.15, -0.1) is 0 Å². The molecule has 0 aliphatic heterocycles. The second-order valence-corrected chi connectivity index (χ2v) is 5.21. The van der Waals surface area contributed by atoms with Crippen molar-refractivity contribution < 1.29 is 4.79 Å². The molecule has 1 fully saturated rings.